The number of amides is 2. The zero-order chi connectivity index (χ0) is 19.4. The Kier molecular flexibility index (Phi) is 5.74. The van der Waals surface area contributed by atoms with E-state index in [0.717, 1.165) is 23.9 Å². The molecule has 2 amide bonds. The summed E-state index contributed by atoms with van der Waals surface area (Å²) in [5.74, 6) is -0.0988. The van der Waals surface area contributed by atoms with Gasteiger partial charge in [-0.25, -0.2) is 9.78 Å². The number of carbonyl (C=O) groups is 1. The van der Waals surface area contributed by atoms with Crippen molar-refractivity contribution < 1.29 is 22.7 Å². The third-order valence-electron chi connectivity index (χ3n) is 4.14. The van der Waals surface area contributed by atoms with Gasteiger partial charge >= 0.3 is 12.2 Å². The van der Waals surface area contributed by atoms with Gasteiger partial charge in [-0.1, -0.05) is 23.7 Å². The molecule has 1 aromatic carbocycles. The number of urea groups is 1. The zero-order valence-electron chi connectivity index (χ0n) is 14.2. The smallest absolute Gasteiger partial charge is 0.416 e. The molecule has 144 valence electrons. The van der Waals surface area contributed by atoms with Crippen LogP contribution in [0.1, 0.15) is 17.5 Å². The highest BCUT2D eigenvalue weighted by Gasteiger charge is 2.32. The third kappa shape index (κ3) is 5.26. The molecule has 1 unspecified atom stereocenters. The number of hydrogen-bond acceptors (Lipinski definition) is 3. The zero-order valence-corrected chi connectivity index (χ0v) is 14.9. The Bertz CT molecular complexity index is 799. The van der Waals surface area contributed by atoms with Gasteiger partial charge in [-0.05, 0) is 23.8 Å². The first-order valence-corrected chi connectivity index (χ1v) is 8.66. The van der Waals surface area contributed by atoms with Crippen molar-refractivity contribution in [3.63, 3.8) is 0 Å². The van der Waals surface area contributed by atoms with Gasteiger partial charge in [0.25, 0.3) is 0 Å². The molecule has 1 aliphatic heterocycles. The maximum atomic E-state index is 12.7. The predicted molar refractivity (Wildman–Crippen MR) is 93.5 cm³/mol. The molecule has 1 aromatic heterocycles. The number of alkyl halides is 3. The Hall–Kier alpha value is -2.48. The molecule has 0 aliphatic carbocycles. The van der Waals surface area contributed by atoms with Crippen molar-refractivity contribution in [2.75, 3.05) is 13.1 Å². The van der Waals surface area contributed by atoms with Gasteiger partial charge in [0.2, 0.25) is 5.88 Å². The number of nitrogens with zero attached hydrogens (tertiary/aromatic N) is 2. The van der Waals surface area contributed by atoms with Crippen LogP contribution in [0.15, 0.2) is 42.6 Å². The second-order valence-electron chi connectivity index (χ2n) is 6.14. The van der Waals surface area contributed by atoms with E-state index < -0.39 is 17.8 Å². The molecule has 2 heterocycles. The highest BCUT2D eigenvalue weighted by molar-refractivity contribution is 6.30. The normalized spacial score (nSPS) is 17.0. The highest BCUT2D eigenvalue weighted by atomic mass is 35.5. The number of rotatable bonds is 4. The third-order valence-corrected chi connectivity index (χ3v) is 4.39. The standard InChI is InChI=1S/C18H17ClF3N3O2/c19-14-3-1-12(2-4-14)10-24-17(26)25-8-6-15(11-25)27-16-9-13(5-7-23-16)18(20,21)22/h1-5,7,9,15H,6,8,10-11H2,(H,24,26). The van der Waals surface area contributed by atoms with Crippen LogP contribution in [-0.2, 0) is 12.7 Å². The van der Waals surface area contributed by atoms with Crippen LogP contribution in [0.5, 0.6) is 5.88 Å². The predicted octanol–water partition coefficient (Wildman–Crippen LogP) is 4.12. The first-order chi connectivity index (χ1) is 12.8. The lowest BCUT2D eigenvalue weighted by Gasteiger charge is -2.18. The first kappa shape index (κ1) is 19.3. The van der Waals surface area contributed by atoms with E-state index in [-0.39, 0.29) is 18.5 Å². The number of pyridine rings is 1. The molecule has 1 fully saturated rings. The number of halogens is 4. The van der Waals surface area contributed by atoms with E-state index in [0.29, 0.717) is 24.5 Å². The van der Waals surface area contributed by atoms with Crippen LogP contribution in [0.4, 0.5) is 18.0 Å². The summed E-state index contributed by atoms with van der Waals surface area (Å²) in [6.45, 7) is 1.09. The largest absolute Gasteiger partial charge is 0.472 e. The lowest BCUT2D eigenvalue weighted by atomic mass is 10.2. The van der Waals surface area contributed by atoms with Crippen LogP contribution in [0.25, 0.3) is 0 Å². The molecule has 5 nitrogen and oxygen atoms in total. The molecule has 0 bridgehead atoms. The molecule has 2 aromatic rings. The van der Waals surface area contributed by atoms with E-state index in [1.807, 2.05) is 12.1 Å². The molecule has 1 aliphatic rings. The number of benzene rings is 1. The topological polar surface area (TPSA) is 54.5 Å². The van der Waals surface area contributed by atoms with Gasteiger partial charge in [-0.15, -0.1) is 0 Å². The number of hydrogen-bond donors (Lipinski definition) is 1. The van der Waals surface area contributed by atoms with Gasteiger partial charge in [-0.2, -0.15) is 13.2 Å². The van der Waals surface area contributed by atoms with E-state index >= 15 is 0 Å². The van der Waals surface area contributed by atoms with Gasteiger partial charge in [0, 0.05) is 36.8 Å². The van der Waals surface area contributed by atoms with Crippen molar-refractivity contribution in [3.05, 3.63) is 58.7 Å². The fourth-order valence-corrected chi connectivity index (χ4v) is 2.85. The fraction of sp³-hybridized carbons (Fsp3) is 0.333. The monoisotopic (exact) mass is 399 g/mol. The number of aromatic nitrogens is 1. The van der Waals surface area contributed by atoms with Crippen molar-refractivity contribution in [2.24, 2.45) is 0 Å². The molecule has 1 N–H and O–H groups in total. The van der Waals surface area contributed by atoms with Crippen LogP contribution < -0.4 is 10.1 Å². The fourth-order valence-electron chi connectivity index (χ4n) is 2.72. The Morgan fingerprint density at radius 1 is 1.30 bits per heavy atom. The summed E-state index contributed by atoms with van der Waals surface area (Å²) in [4.78, 5) is 17.6. The Morgan fingerprint density at radius 3 is 2.74 bits per heavy atom. The van der Waals surface area contributed by atoms with E-state index in [1.165, 1.54) is 0 Å². The molecule has 3 rings (SSSR count). The van der Waals surface area contributed by atoms with Crippen molar-refractivity contribution in [2.45, 2.75) is 25.2 Å². The summed E-state index contributed by atoms with van der Waals surface area (Å²) in [5, 5.41) is 3.42. The minimum Gasteiger partial charge on any atom is -0.472 e. The Labute approximate surface area is 159 Å². The van der Waals surface area contributed by atoms with Gasteiger partial charge in [0.05, 0.1) is 12.1 Å². The average molecular weight is 400 g/mol. The number of ether oxygens (including phenoxy) is 1. The number of carbonyl (C=O) groups excluding carboxylic acids is 1. The van der Waals surface area contributed by atoms with E-state index in [9.17, 15) is 18.0 Å². The van der Waals surface area contributed by atoms with E-state index in [1.54, 1.807) is 17.0 Å². The summed E-state index contributed by atoms with van der Waals surface area (Å²) in [7, 11) is 0. The van der Waals surface area contributed by atoms with E-state index in [4.69, 9.17) is 16.3 Å². The average Bonchev–Trinajstić information content (AvgIpc) is 3.09. The quantitative estimate of drug-likeness (QED) is 0.841. The molecule has 0 saturated carbocycles. The second-order valence-corrected chi connectivity index (χ2v) is 6.58. The molecular weight excluding hydrogens is 383 g/mol. The van der Waals surface area contributed by atoms with Crippen molar-refractivity contribution in [1.29, 1.82) is 0 Å². The van der Waals surface area contributed by atoms with Crippen molar-refractivity contribution >= 4 is 17.6 Å². The molecule has 27 heavy (non-hydrogen) atoms. The van der Waals surface area contributed by atoms with Crippen LogP contribution in [0, 0.1) is 0 Å². The lowest BCUT2D eigenvalue weighted by molar-refractivity contribution is -0.137. The summed E-state index contributed by atoms with van der Waals surface area (Å²) < 4.78 is 43.8. The number of nitrogens with one attached hydrogen (secondary N) is 1. The van der Waals surface area contributed by atoms with Gasteiger partial charge in [-0.3, -0.25) is 0 Å². The van der Waals surface area contributed by atoms with Gasteiger partial charge in [0.1, 0.15) is 6.10 Å². The highest BCUT2D eigenvalue weighted by Crippen LogP contribution is 2.31. The van der Waals surface area contributed by atoms with Crippen LogP contribution in [0.2, 0.25) is 5.02 Å². The molecule has 1 saturated heterocycles. The summed E-state index contributed by atoms with van der Waals surface area (Å²) in [6.07, 6.45) is -3.28. The Morgan fingerprint density at radius 2 is 2.04 bits per heavy atom. The van der Waals surface area contributed by atoms with E-state index in [2.05, 4.69) is 10.3 Å². The molecule has 9 heteroatoms. The summed E-state index contributed by atoms with van der Waals surface area (Å²) >= 11 is 5.82. The molecule has 1 atom stereocenters. The second kappa shape index (κ2) is 8.04. The van der Waals surface area contributed by atoms with Crippen LogP contribution in [0.3, 0.4) is 0 Å². The van der Waals surface area contributed by atoms with Crippen LogP contribution in [-0.4, -0.2) is 35.1 Å². The minimum absolute atomic E-state index is 0.0988. The SMILES string of the molecule is O=C(NCc1ccc(Cl)cc1)N1CCC(Oc2cc(C(F)(F)F)ccn2)C1. The van der Waals surface area contributed by atoms with Gasteiger partial charge < -0.3 is 15.0 Å². The maximum absolute atomic E-state index is 12.7. The maximum Gasteiger partial charge on any atom is 0.416 e. The minimum atomic E-state index is -4.45. The number of likely N-dealkylation sites (tertiary alicyclic amines) is 1. The van der Waals surface area contributed by atoms with Crippen molar-refractivity contribution in [1.82, 2.24) is 15.2 Å². The summed E-state index contributed by atoms with van der Waals surface area (Å²) in [5.41, 5.74) is 0.0935. The molecule has 0 spiro atoms. The lowest BCUT2D eigenvalue weighted by Crippen LogP contribution is -2.39. The Balaban J connectivity index is 1.51. The van der Waals surface area contributed by atoms with Crippen LogP contribution >= 0.6 is 11.6 Å². The molecule has 0 radical (unpaired) electrons. The summed E-state index contributed by atoms with van der Waals surface area (Å²) in [6, 6.07) is 8.61. The van der Waals surface area contributed by atoms with Gasteiger partial charge in [0.15, 0.2) is 0 Å². The molecular formula is C18H17ClF3N3O2. The first-order valence-electron chi connectivity index (χ1n) is 8.28. The van der Waals surface area contributed by atoms with Crippen molar-refractivity contribution in [3.8, 4) is 5.88 Å².